The lowest BCUT2D eigenvalue weighted by Crippen LogP contribution is -2.32. The third-order valence-corrected chi connectivity index (χ3v) is 7.73. The number of nitrogens with one attached hydrogen (secondary N) is 2. The number of nitrogens with zero attached hydrogens (tertiary/aromatic N) is 1. The van der Waals surface area contributed by atoms with E-state index in [1.807, 2.05) is 0 Å². The van der Waals surface area contributed by atoms with Crippen molar-refractivity contribution in [3.05, 3.63) is 59.2 Å². The molecule has 1 saturated heterocycles. The molecule has 1 aliphatic heterocycles. The van der Waals surface area contributed by atoms with E-state index in [1.54, 1.807) is 31.2 Å². The zero-order chi connectivity index (χ0) is 30.2. The maximum Gasteiger partial charge on any atom is 0.335 e. The van der Waals surface area contributed by atoms with Crippen LogP contribution in [0.2, 0.25) is 0 Å². The molecule has 0 saturated carbocycles. The smallest absolute Gasteiger partial charge is 0.335 e. The number of aromatic carboxylic acids is 2. The summed E-state index contributed by atoms with van der Waals surface area (Å²) in [7, 11) is -3.66. The number of anilines is 2. The third kappa shape index (κ3) is 8.98. The maximum atomic E-state index is 13.5. The number of carboxylic acids is 2. The molecular weight excluding hydrogens is 561 g/mol. The number of amides is 3. The summed E-state index contributed by atoms with van der Waals surface area (Å²) in [5.74, 6) is -5.07. The van der Waals surface area contributed by atoms with Crippen LogP contribution in [-0.4, -0.2) is 57.5 Å². The first-order valence-corrected chi connectivity index (χ1v) is 14.3. The lowest BCUT2D eigenvalue weighted by atomic mass is 10.1. The molecule has 218 valence electrons. The first-order valence-electron chi connectivity index (χ1n) is 12.5. The molecule has 15 heteroatoms. The van der Waals surface area contributed by atoms with E-state index in [0.29, 0.717) is 16.3 Å². The van der Waals surface area contributed by atoms with Gasteiger partial charge in [0, 0.05) is 37.1 Å². The fourth-order valence-electron chi connectivity index (χ4n) is 3.82. The van der Waals surface area contributed by atoms with E-state index in [4.69, 9.17) is 9.36 Å². The predicted molar refractivity (Wildman–Crippen MR) is 143 cm³/mol. The summed E-state index contributed by atoms with van der Waals surface area (Å²) < 4.78 is 19.0. The SMILES string of the molecule is CCOP(=O)(Cc1ccc(NC(=O)CCCC(=O)ON2C(=O)CCC2=O)cc1)Nc1cc(C(=O)O)cc(C(=O)O)c1. The highest BCUT2D eigenvalue weighted by Crippen LogP contribution is 2.50. The Morgan fingerprint density at radius 3 is 2.02 bits per heavy atom. The molecule has 0 aromatic heterocycles. The average Bonchev–Trinajstić information content (AvgIpc) is 3.21. The minimum absolute atomic E-state index is 0.00507. The molecule has 1 atom stereocenters. The maximum absolute atomic E-state index is 13.5. The summed E-state index contributed by atoms with van der Waals surface area (Å²) in [6.07, 6.45) is -0.237. The van der Waals surface area contributed by atoms with Crippen molar-refractivity contribution in [3.63, 3.8) is 0 Å². The van der Waals surface area contributed by atoms with E-state index in [9.17, 15) is 43.5 Å². The Hall–Kier alpha value is -4.55. The highest BCUT2D eigenvalue weighted by Gasteiger charge is 2.32. The molecule has 4 N–H and O–H groups in total. The fraction of sp³-hybridized carbons (Fsp3) is 0.308. The highest BCUT2D eigenvalue weighted by atomic mass is 31.2. The Bertz CT molecular complexity index is 1360. The molecule has 3 amide bonds. The van der Waals surface area contributed by atoms with E-state index >= 15 is 0 Å². The van der Waals surface area contributed by atoms with Gasteiger partial charge in [-0.25, -0.2) is 14.4 Å². The Labute approximate surface area is 234 Å². The Kier molecular flexibility index (Phi) is 10.3. The normalized spacial score (nSPS) is 14.3. The van der Waals surface area contributed by atoms with Crippen molar-refractivity contribution in [2.24, 2.45) is 0 Å². The molecule has 0 aliphatic carbocycles. The number of rotatable bonds is 14. The van der Waals surface area contributed by atoms with Gasteiger partial charge in [-0.15, -0.1) is 5.06 Å². The van der Waals surface area contributed by atoms with Crippen molar-refractivity contribution < 1.29 is 52.9 Å². The predicted octanol–water partition coefficient (Wildman–Crippen LogP) is 3.64. The van der Waals surface area contributed by atoms with Gasteiger partial charge in [-0.1, -0.05) is 12.1 Å². The molecule has 2 aromatic rings. The highest BCUT2D eigenvalue weighted by molar-refractivity contribution is 7.59. The van der Waals surface area contributed by atoms with Crippen LogP contribution in [0.4, 0.5) is 11.4 Å². The second kappa shape index (κ2) is 13.7. The van der Waals surface area contributed by atoms with Crippen LogP contribution in [0.5, 0.6) is 0 Å². The average molecular weight is 589 g/mol. The molecule has 0 bridgehead atoms. The van der Waals surface area contributed by atoms with Gasteiger partial charge in [-0.2, -0.15) is 0 Å². The molecule has 41 heavy (non-hydrogen) atoms. The molecular formula is C26H28N3O11P. The van der Waals surface area contributed by atoms with Gasteiger partial charge in [-0.3, -0.25) is 18.9 Å². The number of carboxylic acid groups (broad SMARTS) is 2. The lowest BCUT2D eigenvalue weighted by Gasteiger charge is -2.21. The van der Waals surface area contributed by atoms with Gasteiger partial charge in [0.05, 0.1) is 23.9 Å². The topological polar surface area (TPSA) is 206 Å². The Balaban J connectivity index is 1.56. The monoisotopic (exact) mass is 589 g/mol. The van der Waals surface area contributed by atoms with Gasteiger partial charge in [0.1, 0.15) is 0 Å². The van der Waals surface area contributed by atoms with Crippen molar-refractivity contribution in [2.45, 2.75) is 45.2 Å². The summed E-state index contributed by atoms with van der Waals surface area (Å²) >= 11 is 0. The zero-order valence-corrected chi connectivity index (χ0v) is 22.8. The Morgan fingerprint density at radius 2 is 1.49 bits per heavy atom. The largest absolute Gasteiger partial charge is 0.478 e. The van der Waals surface area contributed by atoms with Crippen molar-refractivity contribution >= 4 is 54.5 Å². The van der Waals surface area contributed by atoms with Crippen LogP contribution >= 0.6 is 7.52 Å². The Morgan fingerprint density at radius 1 is 0.902 bits per heavy atom. The summed E-state index contributed by atoms with van der Waals surface area (Å²) in [4.78, 5) is 74.6. The summed E-state index contributed by atoms with van der Waals surface area (Å²) in [6, 6.07) is 9.63. The lowest BCUT2D eigenvalue weighted by molar-refractivity contribution is -0.197. The van der Waals surface area contributed by atoms with E-state index in [2.05, 4.69) is 10.4 Å². The standard InChI is InChI=1S/C26H28N3O11P/c1-2-39-41(38,28-20-13-17(25(34)35)12-18(14-20)26(36)37)15-16-6-8-19(9-7-16)27-21(30)4-3-5-24(33)40-29-22(31)10-11-23(29)32/h6-9,12-14H,2-5,10-11,15H2,1H3,(H,27,30)(H,28,38)(H,34,35)(H,36,37). The second-order valence-electron chi connectivity index (χ2n) is 8.91. The number of benzene rings is 2. The summed E-state index contributed by atoms with van der Waals surface area (Å²) in [5, 5.41) is 24.3. The fourth-order valence-corrected chi connectivity index (χ4v) is 5.68. The number of imide groups is 1. The molecule has 1 heterocycles. The third-order valence-electron chi connectivity index (χ3n) is 5.68. The van der Waals surface area contributed by atoms with Gasteiger partial charge >= 0.3 is 17.9 Å². The van der Waals surface area contributed by atoms with E-state index in [-0.39, 0.29) is 61.7 Å². The molecule has 14 nitrogen and oxygen atoms in total. The van der Waals surface area contributed by atoms with Gasteiger partial charge in [0.2, 0.25) is 5.91 Å². The van der Waals surface area contributed by atoms with Crippen molar-refractivity contribution in [1.29, 1.82) is 0 Å². The van der Waals surface area contributed by atoms with Crippen LogP contribution in [0.15, 0.2) is 42.5 Å². The van der Waals surface area contributed by atoms with Crippen molar-refractivity contribution in [2.75, 3.05) is 17.0 Å². The summed E-state index contributed by atoms with van der Waals surface area (Å²) in [6.45, 7) is 1.68. The van der Waals surface area contributed by atoms with Crippen molar-refractivity contribution in [3.8, 4) is 0 Å². The quantitative estimate of drug-likeness (QED) is 0.184. The van der Waals surface area contributed by atoms with E-state index in [0.717, 1.165) is 18.2 Å². The van der Waals surface area contributed by atoms with Gasteiger partial charge < -0.3 is 30.0 Å². The second-order valence-corrected chi connectivity index (χ2v) is 11.1. The summed E-state index contributed by atoms with van der Waals surface area (Å²) in [5.41, 5.74) is 0.377. The van der Waals surface area contributed by atoms with Crippen LogP contribution in [0.25, 0.3) is 0 Å². The van der Waals surface area contributed by atoms with Crippen LogP contribution in [0, 0.1) is 0 Å². The minimum Gasteiger partial charge on any atom is -0.478 e. The molecule has 0 spiro atoms. The van der Waals surface area contributed by atoms with Gasteiger partial charge in [-0.05, 0) is 49.2 Å². The number of hydrogen-bond donors (Lipinski definition) is 4. The first-order chi connectivity index (χ1) is 19.4. The zero-order valence-electron chi connectivity index (χ0n) is 22.0. The van der Waals surface area contributed by atoms with Gasteiger partial charge in [0.25, 0.3) is 19.3 Å². The molecule has 0 radical (unpaired) electrons. The molecule has 1 fully saturated rings. The van der Waals surface area contributed by atoms with Crippen LogP contribution in [0.1, 0.15) is 65.3 Å². The number of hydrogen-bond acceptors (Lipinski definition) is 9. The number of hydroxylamine groups is 2. The molecule has 1 unspecified atom stereocenters. The molecule has 1 aliphatic rings. The number of carbonyl (C=O) groups excluding carboxylic acids is 4. The first kappa shape index (κ1) is 31.0. The minimum atomic E-state index is -3.66. The molecule has 3 rings (SSSR count). The van der Waals surface area contributed by atoms with Crippen LogP contribution in [0.3, 0.4) is 0 Å². The van der Waals surface area contributed by atoms with Crippen LogP contribution < -0.4 is 10.4 Å². The molecule has 2 aromatic carbocycles. The number of carbonyl (C=O) groups is 6. The van der Waals surface area contributed by atoms with E-state index in [1.165, 1.54) is 0 Å². The van der Waals surface area contributed by atoms with Crippen LogP contribution in [-0.2, 0) is 39.3 Å². The van der Waals surface area contributed by atoms with Gasteiger partial charge in [0.15, 0.2) is 0 Å². The van der Waals surface area contributed by atoms with E-state index < -0.39 is 43.1 Å². The van der Waals surface area contributed by atoms with Crippen molar-refractivity contribution in [1.82, 2.24) is 5.06 Å².